The Morgan fingerprint density at radius 3 is 2.94 bits per heavy atom. The van der Waals surface area contributed by atoms with Crippen LogP contribution in [0, 0.1) is 0 Å². The van der Waals surface area contributed by atoms with Gasteiger partial charge in [0.2, 0.25) is 5.91 Å². The minimum atomic E-state index is -0.209. The molecule has 2 aromatic rings. The van der Waals surface area contributed by atoms with Crippen molar-refractivity contribution in [3.63, 3.8) is 0 Å². The molecule has 0 aliphatic carbocycles. The molecule has 0 fully saturated rings. The van der Waals surface area contributed by atoms with Gasteiger partial charge in [-0.05, 0) is 31.2 Å². The summed E-state index contributed by atoms with van der Waals surface area (Å²) in [4.78, 5) is 15.6. The summed E-state index contributed by atoms with van der Waals surface area (Å²) in [6.07, 6.45) is 1.74. The highest BCUT2D eigenvalue weighted by atomic mass is 79.9. The van der Waals surface area contributed by atoms with Crippen LogP contribution in [0.4, 0.5) is 5.69 Å². The molecule has 0 bridgehead atoms. The molecule has 1 aromatic carbocycles. The fraction of sp³-hybridized carbons (Fsp3) is 0.167. The van der Waals surface area contributed by atoms with Crippen LogP contribution in [0.1, 0.15) is 6.92 Å². The van der Waals surface area contributed by atoms with Gasteiger partial charge in [-0.25, -0.2) is 0 Å². The van der Waals surface area contributed by atoms with E-state index in [1.807, 2.05) is 30.3 Å². The van der Waals surface area contributed by atoms with Crippen LogP contribution < -0.4 is 5.32 Å². The number of hydrogen-bond acceptors (Lipinski definition) is 2. The van der Waals surface area contributed by atoms with Crippen molar-refractivity contribution in [3.8, 4) is 0 Å². The van der Waals surface area contributed by atoms with Crippen molar-refractivity contribution in [2.24, 2.45) is 0 Å². The Morgan fingerprint density at radius 2 is 2.19 bits per heavy atom. The number of nitrogens with zero attached hydrogens (tertiary/aromatic N) is 1. The van der Waals surface area contributed by atoms with E-state index in [4.69, 9.17) is 0 Å². The third-order valence-corrected chi connectivity index (χ3v) is 2.68. The van der Waals surface area contributed by atoms with Gasteiger partial charge in [0.25, 0.3) is 0 Å². The molecule has 1 aromatic heterocycles. The first-order chi connectivity index (χ1) is 7.68. The van der Waals surface area contributed by atoms with Gasteiger partial charge >= 0.3 is 0 Å². The van der Waals surface area contributed by atoms with Gasteiger partial charge in [0.15, 0.2) is 0 Å². The van der Waals surface area contributed by atoms with E-state index in [1.54, 1.807) is 13.1 Å². The van der Waals surface area contributed by atoms with Gasteiger partial charge in [-0.2, -0.15) is 0 Å². The van der Waals surface area contributed by atoms with E-state index in [0.717, 1.165) is 16.6 Å². The number of anilines is 1. The van der Waals surface area contributed by atoms with E-state index in [9.17, 15) is 4.79 Å². The van der Waals surface area contributed by atoms with E-state index in [0.29, 0.717) is 0 Å². The molecule has 2 rings (SSSR count). The number of fused-ring (bicyclic) bond motifs is 1. The molecule has 0 spiro atoms. The summed E-state index contributed by atoms with van der Waals surface area (Å²) in [6, 6.07) is 9.47. The van der Waals surface area contributed by atoms with Crippen molar-refractivity contribution in [3.05, 3.63) is 36.5 Å². The fourth-order valence-corrected chi connectivity index (χ4v) is 1.56. The minimum Gasteiger partial charge on any atom is -0.324 e. The summed E-state index contributed by atoms with van der Waals surface area (Å²) in [5, 5.41) is 3.81. The number of nitrogens with one attached hydrogen (secondary N) is 1. The number of amides is 1. The molecule has 0 aliphatic heterocycles. The third kappa shape index (κ3) is 2.22. The van der Waals surface area contributed by atoms with Gasteiger partial charge in [0.05, 0.1) is 16.0 Å². The molecule has 16 heavy (non-hydrogen) atoms. The Hall–Kier alpha value is -1.42. The quantitative estimate of drug-likeness (QED) is 0.859. The number of benzene rings is 1. The highest BCUT2D eigenvalue weighted by Gasteiger charge is 2.10. The lowest BCUT2D eigenvalue weighted by Gasteiger charge is -2.09. The van der Waals surface area contributed by atoms with Crippen LogP contribution in [0.5, 0.6) is 0 Å². The van der Waals surface area contributed by atoms with Crippen LogP contribution >= 0.6 is 15.9 Å². The summed E-state index contributed by atoms with van der Waals surface area (Å²) in [5.41, 5.74) is 1.67. The van der Waals surface area contributed by atoms with E-state index in [2.05, 4.69) is 26.2 Å². The van der Waals surface area contributed by atoms with Crippen molar-refractivity contribution < 1.29 is 4.79 Å². The smallest absolute Gasteiger partial charge is 0.237 e. The van der Waals surface area contributed by atoms with Gasteiger partial charge < -0.3 is 5.32 Å². The topological polar surface area (TPSA) is 42.0 Å². The maximum absolute atomic E-state index is 11.6. The Morgan fingerprint density at radius 1 is 1.38 bits per heavy atom. The second kappa shape index (κ2) is 4.61. The van der Waals surface area contributed by atoms with E-state index in [1.165, 1.54) is 0 Å². The number of carbonyl (C=O) groups excluding carboxylic acids is 1. The Labute approximate surface area is 102 Å². The first-order valence-corrected chi connectivity index (χ1v) is 5.89. The second-order valence-electron chi connectivity index (χ2n) is 3.48. The average Bonchev–Trinajstić information content (AvgIpc) is 2.29. The third-order valence-electron chi connectivity index (χ3n) is 2.26. The zero-order valence-electron chi connectivity index (χ0n) is 8.77. The van der Waals surface area contributed by atoms with Crippen LogP contribution in [0.3, 0.4) is 0 Å². The van der Waals surface area contributed by atoms with Crippen LogP contribution in [-0.2, 0) is 4.79 Å². The number of rotatable bonds is 2. The van der Waals surface area contributed by atoms with Gasteiger partial charge in [-0.3, -0.25) is 9.78 Å². The van der Waals surface area contributed by atoms with Gasteiger partial charge in [-0.1, -0.05) is 22.0 Å². The molecule has 1 heterocycles. The normalized spacial score (nSPS) is 12.4. The monoisotopic (exact) mass is 278 g/mol. The van der Waals surface area contributed by atoms with Crippen molar-refractivity contribution >= 4 is 38.4 Å². The standard InChI is InChI=1S/C12H11BrN2O/c1-8(13)12(16)15-11-6-2-5-10-9(11)4-3-7-14-10/h2-8H,1H3,(H,15,16). The van der Waals surface area contributed by atoms with Crippen LogP contribution in [0.25, 0.3) is 10.9 Å². The molecule has 0 radical (unpaired) electrons. The maximum atomic E-state index is 11.6. The first kappa shape index (κ1) is 11.1. The van der Waals surface area contributed by atoms with Crippen LogP contribution in [0.15, 0.2) is 36.5 Å². The zero-order chi connectivity index (χ0) is 11.5. The molecule has 1 N–H and O–H groups in total. The fourth-order valence-electron chi connectivity index (χ4n) is 1.44. The highest BCUT2D eigenvalue weighted by Crippen LogP contribution is 2.21. The summed E-state index contributed by atoms with van der Waals surface area (Å²) >= 11 is 3.23. The molecule has 0 saturated heterocycles. The van der Waals surface area contributed by atoms with Crippen molar-refractivity contribution in [2.45, 2.75) is 11.8 Å². The van der Waals surface area contributed by atoms with Crippen LogP contribution in [0.2, 0.25) is 0 Å². The largest absolute Gasteiger partial charge is 0.324 e. The molecule has 0 aliphatic rings. The number of hydrogen-bond donors (Lipinski definition) is 1. The Bertz CT molecular complexity index is 520. The zero-order valence-corrected chi connectivity index (χ0v) is 10.4. The molecular weight excluding hydrogens is 268 g/mol. The molecular formula is C12H11BrN2O. The highest BCUT2D eigenvalue weighted by molar-refractivity contribution is 9.10. The number of pyridine rings is 1. The molecule has 4 heteroatoms. The number of aromatic nitrogens is 1. The lowest BCUT2D eigenvalue weighted by Crippen LogP contribution is -2.19. The van der Waals surface area contributed by atoms with Gasteiger partial charge in [0, 0.05) is 11.6 Å². The van der Waals surface area contributed by atoms with Crippen molar-refractivity contribution in [1.82, 2.24) is 4.98 Å². The van der Waals surface area contributed by atoms with Gasteiger partial charge in [-0.15, -0.1) is 0 Å². The first-order valence-electron chi connectivity index (χ1n) is 4.97. The predicted molar refractivity (Wildman–Crippen MR) is 68.8 cm³/mol. The molecule has 1 unspecified atom stereocenters. The summed E-state index contributed by atoms with van der Waals surface area (Å²) in [6.45, 7) is 1.79. The minimum absolute atomic E-state index is 0.0589. The lowest BCUT2D eigenvalue weighted by atomic mass is 10.2. The summed E-state index contributed by atoms with van der Waals surface area (Å²) in [5.74, 6) is -0.0589. The number of alkyl halides is 1. The molecule has 1 amide bonds. The molecule has 82 valence electrons. The van der Waals surface area contributed by atoms with E-state index in [-0.39, 0.29) is 10.7 Å². The Balaban J connectivity index is 2.41. The predicted octanol–water partition coefficient (Wildman–Crippen LogP) is 2.96. The lowest BCUT2D eigenvalue weighted by molar-refractivity contribution is -0.115. The van der Waals surface area contributed by atoms with Crippen molar-refractivity contribution in [2.75, 3.05) is 5.32 Å². The van der Waals surface area contributed by atoms with Crippen LogP contribution in [-0.4, -0.2) is 15.7 Å². The average molecular weight is 279 g/mol. The second-order valence-corrected chi connectivity index (χ2v) is 4.85. The van der Waals surface area contributed by atoms with E-state index < -0.39 is 0 Å². The SMILES string of the molecule is CC(Br)C(=O)Nc1cccc2ncccc12. The molecule has 3 nitrogen and oxygen atoms in total. The maximum Gasteiger partial charge on any atom is 0.237 e. The summed E-state index contributed by atoms with van der Waals surface area (Å²) in [7, 11) is 0. The number of carbonyl (C=O) groups is 1. The van der Waals surface area contributed by atoms with E-state index >= 15 is 0 Å². The Kier molecular flexibility index (Phi) is 3.19. The van der Waals surface area contributed by atoms with Crippen molar-refractivity contribution in [1.29, 1.82) is 0 Å². The molecule has 1 atom stereocenters. The summed E-state index contributed by atoms with van der Waals surface area (Å²) < 4.78 is 0. The van der Waals surface area contributed by atoms with Gasteiger partial charge in [0.1, 0.15) is 0 Å². The number of halogens is 1. The molecule has 0 saturated carbocycles.